The topological polar surface area (TPSA) is 72.1 Å². The van der Waals surface area contributed by atoms with Gasteiger partial charge in [0.15, 0.2) is 11.8 Å². The Morgan fingerprint density at radius 1 is 1.14 bits per heavy atom. The molecule has 0 spiro atoms. The summed E-state index contributed by atoms with van der Waals surface area (Å²) in [7, 11) is 1.80. The van der Waals surface area contributed by atoms with Gasteiger partial charge in [0.05, 0.1) is 6.54 Å². The first kappa shape index (κ1) is 20.6. The van der Waals surface area contributed by atoms with E-state index in [1.165, 1.54) is 23.7 Å². The molecule has 1 aromatic carbocycles. The number of rotatable bonds is 6. The molecule has 28 heavy (non-hydrogen) atoms. The summed E-state index contributed by atoms with van der Waals surface area (Å²) in [6.45, 7) is 3.52. The third-order valence-electron chi connectivity index (χ3n) is 5.12. The van der Waals surface area contributed by atoms with E-state index in [-0.39, 0.29) is 24.0 Å². The van der Waals surface area contributed by atoms with Crippen LogP contribution in [0.5, 0.6) is 0 Å². The zero-order chi connectivity index (χ0) is 18.5. The molecule has 150 valence electrons. The minimum absolute atomic E-state index is 0. The Bertz CT molecular complexity index is 928. The second-order valence-electron chi connectivity index (χ2n) is 6.92. The fourth-order valence-electron chi connectivity index (χ4n) is 3.67. The summed E-state index contributed by atoms with van der Waals surface area (Å²) in [5.41, 5.74) is 1.29. The monoisotopic (exact) mass is 493 g/mol. The summed E-state index contributed by atoms with van der Waals surface area (Å²) in [4.78, 5) is 4.31. The molecule has 0 aliphatic carbocycles. The second-order valence-corrected chi connectivity index (χ2v) is 6.92. The molecule has 0 fully saturated rings. The van der Waals surface area contributed by atoms with Crippen LogP contribution in [0.25, 0.3) is 10.9 Å². The van der Waals surface area contributed by atoms with E-state index in [1.807, 2.05) is 0 Å². The molecular formula is C20H28IN7. The number of aryl methyl sites for hydroxylation is 2. The number of para-hydroxylation sites is 1. The Hall–Kier alpha value is -2.10. The number of nitrogens with one attached hydrogen (secondary N) is 2. The zero-order valence-electron chi connectivity index (χ0n) is 16.3. The molecule has 0 bridgehead atoms. The number of hydrogen-bond acceptors (Lipinski definition) is 3. The molecule has 0 unspecified atom stereocenters. The van der Waals surface area contributed by atoms with Gasteiger partial charge in [0.25, 0.3) is 0 Å². The Morgan fingerprint density at radius 2 is 2.04 bits per heavy atom. The van der Waals surface area contributed by atoms with E-state index in [9.17, 15) is 0 Å². The molecule has 8 heteroatoms. The lowest BCUT2D eigenvalue weighted by Gasteiger charge is -2.16. The first-order valence-electron chi connectivity index (χ1n) is 9.74. The highest BCUT2D eigenvalue weighted by atomic mass is 127. The number of benzene rings is 1. The largest absolute Gasteiger partial charge is 0.356 e. The van der Waals surface area contributed by atoms with Crippen LogP contribution in [-0.2, 0) is 26.1 Å². The number of nitrogens with zero attached hydrogens (tertiary/aromatic N) is 5. The van der Waals surface area contributed by atoms with Crippen molar-refractivity contribution < 1.29 is 0 Å². The maximum absolute atomic E-state index is 4.33. The van der Waals surface area contributed by atoms with Crippen LogP contribution in [-0.4, -0.2) is 38.9 Å². The van der Waals surface area contributed by atoms with Crippen molar-refractivity contribution in [1.82, 2.24) is 30.0 Å². The van der Waals surface area contributed by atoms with Crippen molar-refractivity contribution in [1.29, 1.82) is 0 Å². The number of hydrogen-bond donors (Lipinski definition) is 2. The third kappa shape index (κ3) is 4.65. The molecule has 7 nitrogen and oxygen atoms in total. The molecule has 3 aromatic rings. The maximum atomic E-state index is 4.33. The molecule has 0 saturated carbocycles. The molecule has 0 amide bonds. The van der Waals surface area contributed by atoms with Gasteiger partial charge in [0.2, 0.25) is 0 Å². The van der Waals surface area contributed by atoms with Crippen molar-refractivity contribution >= 4 is 40.8 Å². The minimum Gasteiger partial charge on any atom is -0.356 e. The van der Waals surface area contributed by atoms with Gasteiger partial charge < -0.3 is 19.8 Å². The Balaban J connectivity index is 0.00000225. The molecule has 0 radical (unpaired) electrons. The van der Waals surface area contributed by atoms with Crippen LogP contribution in [0.15, 0.2) is 41.5 Å². The number of fused-ring (bicyclic) bond motifs is 2. The van der Waals surface area contributed by atoms with Crippen molar-refractivity contribution in [2.75, 3.05) is 13.6 Å². The fraction of sp³-hybridized carbons (Fsp3) is 0.450. The average Bonchev–Trinajstić information content (AvgIpc) is 3.32. The normalized spacial score (nSPS) is 13.8. The van der Waals surface area contributed by atoms with Crippen molar-refractivity contribution in [2.24, 2.45) is 4.99 Å². The van der Waals surface area contributed by atoms with Gasteiger partial charge in [-0.15, -0.1) is 34.2 Å². The molecule has 2 aromatic heterocycles. The zero-order valence-corrected chi connectivity index (χ0v) is 18.6. The maximum Gasteiger partial charge on any atom is 0.191 e. The van der Waals surface area contributed by atoms with Gasteiger partial charge in [0.1, 0.15) is 5.82 Å². The van der Waals surface area contributed by atoms with Crippen LogP contribution in [0.4, 0.5) is 0 Å². The van der Waals surface area contributed by atoms with Crippen molar-refractivity contribution in [3.63, 3.8) is 0 Å². The summed E-state index contributed by atoms with van der Waals surface area (Å²) in [5.74, 6) is 2.91. The predicted octanol–water partition coefficient (Wildman–Crippen LogP) is 2.94. The van der Waals surface area contributed by atoms with Gasteiger partial charge >= 0.3 is 0 Å². The van der Waals surface area contributed by atoms with Crippen LogP contribution >= 0.6 is 24.0 Å². The third-order valence-corrected chi connectivity index (χ3v) is 5.12. The quantitative estimate of drug-likeness (QED) is 0.240. The van der Waals surface area contributed by atoms with Crippen LogP contribution in [0.1, 0.15) is 30.9 Å². The van der Waals surface area contributed by atoms with E-state index in [0.717, 1.165) is 50.1 Å². The average molecular weight is 493 g/mol. The number of halogens is 1. The Labute approximate surface area is 182 Å². The van der Waals surface area contributed by atoms with Crippen LogP contribution < -0.4 is 10.6 Å². The fourth-order valence-corrected chi connectivity index (χ4v) is 3.67. The summed E-state index contributed by atoms with van der Waals surface area (Å²) in [5, 5.41) is 16.7. The van der Waals surface area contributed by atoms with Gasteiger partial charge in [0, 0.05) is 44.8 Å². The number of aliphatic imine (C=N–C) groups is 1. The molecule has 2 N–H and O–H groups in total. The van der Waals surface area contributed by atoms with Gasteiger partial charge in [-0.25, -0.2) is 0 Å². The molecule has 0 saturated heterocycles. The highest BCUT2D eigenvalue weighted by Gasteiger charge is 2.15. The summed E-state index contributed by atoms with van der Waals surface area (Å²) >= 11 is 0. The van der Waals surface area contributed by atoms with E-state index >= 15 is 0 Å². The molecule has 1 aliphatic rings. The van der Waals surface area contributed by atoms with Crippen LogP contribution in [0.3, 0.4) is 0 Å². The van der Waals surface area contributed by atoms with E-state index in [2.05, 4.69) is 71.5 Å². The van der Waals surface area contributed by atoms with E-state index in [1.54, 1.807) is 7.05 Å². The Kier molecular flexibility index (Phi) is 7.30. The molecule has 3 heterocycles. The van der Waals surface area contributed by atoms with Crippen LogP contribution in [0.2, 0.25) is 0 Å². The van der Waals surface area contributed by atoms with Crippen LogP contribution in [0, 0.1) is 0 Å². The van der Waals surface area contributed by atoms with Crippen molar-refractivity contribution in [3.8, 4) is 0 Å². The standard InChI is InChI=1S/C20H27N7.HI/c1-21-20(23-15-19-25-24-18-9-4-5-13-27(18)19)22-11-6-12-26-14-10-16-7-2-3-8-17(16)26;/h2-3,7-8,10,14H,4-6,9,11-13,15H2,1H3,(H2,21,22,23);1H. The lowest BCUT2D eigenvalue weighted by molar-refractivity contribution is 0.504. The summed E-state index contributed by atoms with van der Waals surface area (Å²) in [6, 6.07) is 10.7. The number of guanidine groups is 1. The van der Waals surface area contributed by atoms with Crippen molar-refractivity contribution in [2.45, 2.75) is 45.3 Å². The molecule has 0 atom stereocenters. The Morgan fingerprint density at radius 3 is 2.93 bits per heavy atom. The molecule has 4 rings (SSSR count). The lowest BCUT2D eigenvalue weighted by Crippen LogP contribution is -2.38. The molecular weight excluding hydrogens is 465 g/mol. The highest BCUT2D eigenvalue weighted by Crippen LogP contribution is 2.15. The first-order valence-corrected chi connectivity index (χ1v) is 9.74. The van der Waals surface area contributed by atoms with Crippen molar-refractivity contribution in [3.05, 3.63) is 48.2 Å². The second kappa shape index (κ2) is 9.90. The van der Waals surface area contributed by atoms with Gasteiger partial charge in [-0.3, -0.25) is 4.99 Å². The van der Waals surface area contributed by atoms with Gasteiger partial charge in [-0.2, -0.15) is 0 Å². The van der Waals surface area contributed by atoms with E-state index < -0.39 is 0 Å². The lowest BCUT2D eigenvalue weighted by atomic mass is 10.2. The SMILES string of the molecule is CN=C(NCCCn1ccc2ccccc21)NCc1nnc2n1CCCC2.I. The highest BCUT2D eigenvalue weighted by molar-refractivity contribution is 14.0. The van der Waals surface area contributed by atoms with Gasteiger partial charge in [-0.05, 0) is 36.8 Å². The number of aromatic nitrogens is 4. The smallest absolute Gasteiger partial charge is 0.191 e. The first-order chi connectivity index (χ1) is 13.3. The predicted molar refractivity (Wildman–Crippen MR) is 123 cm³/mol. The van der Waals surface area contributed by atoms with E-state index in [0.29, 0.717) is 6.54 Å². The minimum atomic E-state index is 0. The van der Waals surface area contributed by atoms with E-state index in [4.69, 9.17) is 0 Å². The summed E-state index contributed by atoms with van der Waals surface area (Å²) < 4.78 is 4.54. The summed E-state index contributed by atoms with van der Waals surface area (Å²) in [6.07, 6.45) is 6.64. The van der Waals surface area contributed by atoms with Gasteiger partial charge in [-0.1, -0.05) is 18.2 Å². The molecule has 1 aliphatic heterocycles.